The number of hydrogen-bond donors (Lipinski definition) is 2. The Morgan fingerprint density at radius 3 is 2.28 bits per heavy atom. The fraction of sp³-hybridized carbons (Fsp3) is 0.400. The Morgan fingerprint density at radius 1 is 1.14 bits per heavy atom. The van der Waals surface area contributed by atoms with E-state index in [-0.39, 0.29) is 6.61 Å². The zero-order valence-corrected chi connectivity index (χ0v) is 15.5. The number of ether oxygens (including phenoxy) is 1. The van der Waals surface area contributed by atoms with E-state index in [1.54, 1.807) is 37.3 Å². The number of rotatable bonds is 6. The van der Waals surface area contributed by atoms with Crippen molar-refractivity contribution in [2.45, 2.75) is 43.4 Å². The summed E-state index contributed by atoms with van der Waals surface area (Å²) >= 11 is 0. The van der Waals surface area contributed by atoms with Crippen LogP contribution in [0.3, 0.4) is 0 Å². The smallest absolute Gasteiger partial charge is 0.367 e. The monoisotopic (exact) mass is 410 g/mol. The molecule has 0 bridgehead atoms. The number of nitro groups is 1. The molecule has 1 aliphatic heterocycles. The van der Waals surface area contributed by atoms with E-state index in [4.69, 9.17) is 4.74 Å². The molecule has 3 rings (SSSR count). The molecule has 9 heteroatoms. The molecule has 0 amide bonds. The predicted molar refractivity (Wildman–Crippen MR) is 98.7 cm³/mol. The summed E-state index contributed by atoms with van der Waals surface area (Å²) in [6.07, 6.45) is -5.81. The molecule has 6 nitrogen and oxygen atoms in total. The van der Waals surface area contributed by atoms with Crippen molar-refractivity contribution in [3.8, 4) is 0 Å². The summed E-state index contributed by atoms with van der Waals surface area (Å²) < 4.78 is 43.9. The normalized spacial score (nSPS) is 25.7. The number of halogens is 3. The molecular formula is C20H21F3N2O4. The Balaban J connectivity index is 2.02. The highest BCUT2D eigenvalue weighted by Gasteiger charge is 2.54. The third-order valence-electron chi connectivity index (χ3n) is 5.14. The van der Waals surface area contributed by atoms with E-state index >= 15 is 0 Å². The minimum Gasteiger partial charge on any atom is -0.367 e. The maximum atomic E-state index is 12.9. The summed E-state index contributed by atoms with van der Waals surface area (Å²) in [5.41, 5.74) is 0.147. The molecule has 5 atom stereocenters. The van der Waals surface area contributed by atoms with Crippen molar-refractivity contribution < 1.29 is 27.9 Å². The van der Waals surface area contributed by atoms with E-state index < -0.39 is 47.0 Å². The third-order valence-corrected chi connectivity index (χ3v) is 5.14. The largest absolute Gasteiger partial charge is 0.416 e. The maximum absolute atomic E-state index is 12.9. The minimum atomic E-state index is -4.50. The van der Waals surface area contributed by atoms with E-state index in [2.05, 4.69) is 5.32 Å². The highest BCUT2D eigenvalue weighted by molar-refractivity contribution is 5.33. The standard InChI is InChI=1S/C20H21F3N2O4/c1-2-29-19(26)17-15(12-6-4-3-5-7-12)18(25(27)28)16(24-17)13-8-10-14(11-9-13)20(21,22)23/h3-11,15-19,24,26H,2H2,1H3/t15-,16-,17-,18+,19+/m1/s1. The lowest BCUT2D eigenvalue weighted by Gasteiger charge is -2.24. The first kappa shape index (κ1) is 21.2. The maximum Gasteiger partial charge on any atom is 0.416 e. The molecule has 29 heavy (non-hydrogen) atoms. The number of nitrogens with one attached hydrogen (secondary N) is 1. The molecule has 1 saturated heterocycles. The second-order valence-electron chi connectivity index (χ2n) is 6.85. The number of hydrogen-bond acceptors (Lipinski definition) is 5. The van der Waals surface area contributed by atoms with Crippen molar-refractivity contribution in [1.29, 1.82) is 0 Å². The SMILES string of the molecule is CCO[C@H](O)[C@@H]1N[C@H](c2ccc(C(F)(F)F)cc2)[C@@H]([N+](=O)[O-])[C@@H]1c1ccccc1. The van der Waals surface area contributed by atoms with E-state index in [0.29, 0.717) is 11.1 Å². The summed E-state index contributed by atoms with van der Waals surface area (Å²) in [5.74, 6) is -0.736. The summed E-state index contributed by atoms with van der Waals surface area (Å²) in [5, 5.41) is 25.5. The van der Waals surface area contributed by atoms with Gasteiger partial charge in [-0.2, -0.15) is 13.2 Å². The van der Waals surface area contributed by atoms with Gasteiger partial charge in [-0.1, -0.05) is 42.5 Å². The number of alkyl halides is 3. The molecule has 1 heterocycles. The molecule has 2 aromatic carbocycles. The van der Waals surface area contributed by atoms with Crippen LogP contribution in [-0.4, -0.2) is 35.0 Å². The first-order valence-corrected chi connectivity index (χ1v) is 9.15. The van der Waals surface area contributed by atoms with Crippen LogP contribution in [0.1, 0.15) is 35.6 Å². The van der Waals surface area contributed by atoms with Gasteiger partial charge in [0, 0.05) is 11.5 Å². The topological polar surface area (TPSA) is 84.6 Å². The fourth-order valence-corrected chi connectivity index (χ4v) is 3.87. The predicted octanol–water partition coefficient (Wildman–Crippen LogP) is 3.50. The van der Waals surface area contributed by atoms with Crippen molar-refractivity contribution in [2.75, 3.05) is 6.61 Å². The number of nitrogens with zero attached hydrogens (tertiary/aromatic N) is 1. The van der Waals surface area contributed by atoms with Gasteiger partial charge in [0.25, 0.3) is 0 Å². The highest BCUT2D eigenvalue weighted by atomic mass is 19.4. The highest BCUT2D eigenvalue weighted by Crippen LogP contribution is 2.42. The van der Waals surface area contributed by atoms with Crippen LogP contribution in [0.5, 0.6) is 0 Å². The third kappa shape index (κ3) is 4.42. The zero-order valence-electron chi connectivity index (χ0n) is 15.5. The second kappa shape index (κ2) is 8.48. The minimum absolute atomic E-state index is 0.203. The van der Waals surface area contributed by atoms with E-state index in [9.17, 15) is 28.4 Å². The van der Waals surface area contributed by atoms with E-state index in [0.717, 1.165) is 12.1 Å². The van der Waals surface area contributed by atoms with E-state index in [1.807, 2.05) is 0 Å². The second-order valence-corrected chi connectivity index (χ2v) is 6.85. The average Bonchev–Trinajstić information content (AvgIpc) is 3.09. The van der Waals surface area contributed by atoms with Crippen molar-refractivity contribution in [1.82, 2.24) is 5.32 Å². The van der Waals surface area contributed by atoms with Gasteiger partial charge in [0.2, 0.25) is 6.04 Å². The lowest BCUT2D eigenvalue weighted by molar-refractivity contribution is -0.527. The van der Waals surface area contributed by atoms with Crippen LogP contribution >= 0.6 is 0 Å². The quantitative estimate of drug-likeness (QED) is 0.433. The van der Waals surface area contributed by atoms with E-state index in [1.165, 1.54) is 12.1 Å². The molecule has 0 unspecified atom stereocenters. The first-order valence-electron chi connectivity index (χ1n) is 9.15. The molecule has 0 aromatic heterocycles. The number of aliphatic hydroxyl groups is 1. The molecular weight excluding hydrogens is 389 g/mol. The molecule has 0 aliphatic carbocycles. The van der Waals surface area contributed by atoms with Crippen LogP contribution < -0.4 is 5.32 Å². The van der Waals surface area contributed by atoms with Crippen LogP contribution in [0.25, 0.3) is 0 Å². The Kier molecular flexibility index (Phi) is 6.21. The van der Waals surface area contributed by atoms with Gasteiger partial charge in [0.1, 0.15) is 6.04 Å². The average molecular weight is 410 g/mol. The lowest BCUT2D eigenvalue weighted by atomic mass is 9.85. The van der Waals surface area contributed by atoms with Crippen LogP contribution in [0.2, 0.25) is 0 Å². The van der Waals surface area contributed by atoms with Gasteiger partial charge < -0.3 is 9.84 Å². The molecule has 1 fully saturated rings. The van der Waals surface area contributed by atoms with Gasteiger partial charge in [0.15, 0.2) is 6.29 Å². The van der Waals surface area contributed by atoms with Crippen molar-refractivity contribution in [3.63, 3.8) is 0 Å². The molecule has 0 radical (unpaired) electrons. The summed E-state index contributed by atoms with van der Waals surface area (Å²) in [6, 6.07) is 10.1. The van der Waals surface area contributed by atoms with Crippen molar-refractivity contribution in [2.24, 2.45) is 0 Å². The van der Waals surface area contributed by atoms with Crippen LogP contribution in [0, 0.1) is 10.1 Å². The Morgan fingerprint density at radius 2 is 1.76 bits per heavy atom. The Bertz CT molecular complexity index is 830. The van der Waals surface area contributed by atoms with Gasteiger partial charge in [-0.3, -0.25) is 15.4 Å². The van der Waals surface area contributed by atoms with Crippen LogP contribution in [0.15, 0.2) is 54.6 Å². The van der Waals surface area contributed by atoms with Crippen LogP contribution in [0.4, 0.5) is 13.2 Å². The van der Waals surface area contributed by atoms with Gasteiger partial charge in [-0.25, -0.2) is 0 Å². The Hall–Kier alpha value is -2.49. The van der Waals surface area contributed by atoms with Crippen molar-refractivity contribution in [3.05, 3.63) is 81.4 Å². The molecule has 2 aromatic rings. The molecule has 156 valence electrons. The fourth-order valence-electron chi connectivity index (χ4n) is 3.87. The van der Waals surface area contributed by atoms with Gasteiger partial charge in [-0.15, -0.1) is 0 Å². The molecule has 0 saturated carbocycles. The van der Waals surface area contributed by atoms with Gasteiger partial charge >= 0.3 is 6.18 Å². The molecule has 1 aliphatic rings. The van der Waals surface area contributed by atoms with Gasteiger partial charge in [0.05, 0.1) is 17.5 Å². The summed E-state index contributed by atoms with van der Waals surface area (Å²) in [4.78, 5) is 11.5. The van der Waals surface area contributed by atoms with Gasteiger partial charge in [-0.05, 0) is 30.2 Å². The first-order chi connectivity index (χ1) is 13.7. The summed E-state index contributed by atoms with van der Waals surface area (Å²) in [7, 11) is 0. The van der Waals surface area contributed by atoms with Crippen LogP contribution in [-0.2, 0) is 10.9 Å². The Labute approximate surface area is 165 Å². The molecule has 2 N–H and O–H groups in total. The zero-order chi connectivity index (χ0) is 21.2. The summed E-state index contributed by atoms with van der Waals surface area (Å²) in [6.45, 7) is 1.89. The van der Waals surface area contributed by atoms with Crippen molar-refractivity contribution >= 4 is 0 Å². The lowest BCUT2D eigenvalue weighted by Crippen LogP contribution is -2.41. The number of aliphatic hydroxyl groups excluding tert-OH is 1. The number of benzene rings is 2. The molecule has 0 spiro atoms.